The molecule has 3 aromatic rings. The van der Waals surface area contributed by atoms with Crippen molar-refractivity contribution in [2.75, 3.05) is 5.32 Å². The zero-order valence-electron chi connectivity index (χ0n) is 13.7. The van der Waals surface area contributed by atoms with Gasteiger partial charge >= 0.3 is 0 Å². The van der Waals surface area contributed by atoms with E-state index >= 15 is 0 Å². The standard InChI is InChI=1S/C20H18N4/c1-13-5-3-4-6-18(13)20-22-10-14(2)19(24-20)23-17-8-7-15-11-21-12-16(15)9-17/h3-10,12H,11H2,1-2H3,(H,22,23,24). The van der Waals surface area contributed by atoms with E-state index in [-0.39, 0.29) is 0 Å². The summed E-state index contributed by atoms with van der Waals surface area (Å²) in [6.07, 6.45) is 3.79. The van der Waals surface area contributed by atoms with Gasteiger partial charge in [0.15, 0.2) is 5.82 Å². The third-order valence-corrected chi connectivity index (χ3v) is 4.26. The van der Waals surface area contributed by atoms with Crippen LogP contribution in [-0.2, 0) is 6.54 Å². The number of nitrogens with zero attached hydrogens (tertiary/aromatic N) is 3. The van der Waals surface area contributed by atoms with Crippen molar-refractivity contribution in [1.82, 2.24) is 9.97 Å². The fraction of sp³-hybridized carbons (Fsp3) is 0.150. The molecule has 0 fully saturated rings. The zero-order chi connectivity index (χ0) is 16.5. The van der Waals surface area contributed by atoms with E-state index in [0.29, 0.717) is 0 Å². The van der Waals surface area contributed by atoms with E-state index in [9.17, 15) is 0 Å². The minimum absolute atomic E-state index is 0.740. The monoisotopic (exact) mass is 314 g/mol. The van der Waals surface area contributed by atoms with Crippen LogP contribution in [0.3, 0.4) is 0 Å². The molecule has 0 aliphatic carbocycles. The minimum atomic E-state index is 0.740. The number of anilines is 2. The fourth-order valence-electron chi connectivity index (χ4n) is 2.84. The molecule has 4 nitrogen and oxygen atoms in total. The molecule has 0 atom stereocenters. The third kappa shape index (κ3) is 2.67. The van der Waals surface area contributed by atoms with Gasteiger partial charge in [-0.2, -0.15) is 0 Å². The molecule has 0 saturated heterocycles. The Kier molecular flexibility index (Phi) is 3.58. The van der Waals surface area contributed by atoms with Gasteiger partial charge in [-0.1, -0.05) is 30.3 Å². The summed E-state index contributed by atoms with van der Waals surface area (Å²) >= 11 is 0. The lowest BCUT2D eigenvalue weighted by molar-refractivity contribution is 1.11. The molecule has 4 heteroatoms. The number of rotatable bonds is 3. The first-order valence-electron chi connectivity index (χ1n) is 8.00. The van der Waals surface area contributed by atoms with Crippen molar-refractivity contribution in [2.45, 2.75) is 20.4 Å². The molecule has 0 radical (unpaired) electrons. The van der Waals surface area contributed by atoms with Gasteiger partial charge in [0.05, 0.1) is 6.54 Å². The van der Waals surface area contributed by atoms with Crippen molar-refractivity contribution in [3.63, 3.8) is 0 Å². The summed E-state index contributed by atoms with van der Waals surface area (Å²) in [6.45, 7) is 4.86. The van der Waals surface area contributed by atoms with E-state index < -0.39 is 0 Å². The van der Waals surface area contributed by atoms with E-state index in [4.69, 9.17) is 4.98 Å². The molecule has 2 aromatic carbocycles. The number of fused-ring (bicyclic) bond motifs is 1. The van der Waals surface area contributed by atoms with Crippen LogP contribution < -0.4 is 5.32 Å². The average molecular weight is 314 g/mol. The normalized spacial score (nSPS) is 12.2. The van der Waals surface area contributed by atoms with Crippen molar-refractivity contribution in [3.8, 4) is 11.4 Å². The summed E-state index contributed by atoms with van der Waals surface area (Å²) in [5.41, 5.74) is 6.69. The molecule has 0 spiro atoms. The molecule has 0 unspecified atom stereocenters. The van der Waals surface area contributed by atoms with Gasteiger partial charge in [0, 0.05) is 29.2 Å². The van der Waals surface area contributed by atoms with Crippen LogP contribution in [0.15, 0.2) is 53.7 Å². The largest absolute Gasteiger partial charge is 0.340 e. The topological polar surface area (TPSA) is 50.2 Å². The van der Waals surface area contributed by atoms with E-state index in [1.807, 2.05) is 31.5 Å². The Morgan fingerprint density at radius 1 is 1.00 bits per heavy atom. The maximum atomic E-state index is 4.74. The Balaban J connectivity index is 1.69. The number of hydrogen-bond acceptors (Lipinski definition) is 4. The van der Waals surface area contributed by atoms with Gasteiger partial charge in [0.25, 0.3) is 0 Å². The van der Waals surface area contributed by atoms with Crippen LogP contribution in [0.25, 0.3) is 11.4 Å². The second-order valence-electron chi connectivity index (χ2n) is 6.05. The number of aliphatic imine (C=N–C) groups is 1. The SMILES string of the molecule is Cc1ccccc1-c1ncc(C)c(Nc2ccc3c(c2)C=NC3)n1. The molecule has 0 saturated carbocycles. The molecule has 0 bridgehead atoms. The van der Waals surface area contributed by atoms with E-state index in [2.05, 4.69) is 52.5 Å². The summed E-state index contributed by atoms with van der Waals surface area (Å²) in [4.78, 5) is 13.5. The molecule has 2 heterocycles. The number of benzene rings is 2. The maximum Gasteiger partial charge on any atom is 0.161 e. The van der Waals surface area contributed by atoms with Gasteiger partial charge in [0.1, 0.15) is 5.82 Å². The first kappa shape index (κ1) is 14.6. The number of nitrogens with one attached hydrogen (secondary N) is 1. The smallest absolute Gasteiger partial charge is 0.161 e. The van der Waals surface area contributed by atoms with Crippen LogP contribution in [0.5, 0.6) is 0 Å². The Hall–Kier alpha value is -3.01. The van der Waals surface area contributed by atoms with Crippen molar-refractivity contribution in [2.24, 2.45) is 4.99 Å². The summed E-state index contributed by atoms with van der Waals surface area (Å²) in [5.74, 6) is 1.57. The molecule has 1 aliphatic rings. The van der Waals surface area contributed by atoms with Gasteiger partial charge in [-0.25, -0.2) is 9.97 Å². The molecule has 24 heavy (non-hydrogen) atoms. The van der Waals surface area contributed by atoms with Crippen molar-refractivity contribution < 1.29 is 0 Å². The van der Waals surface area contributed by atoms with Crippen molar-refractivity contribution in [1.29, 1.82) is 0 Å². The molecule has 1 N–H and O–H groups in total. The summed E-state index contributed by atoms with van der Waals surface area (Å²) in [6, 6.07) is 14.5. The second-order valence-corrected chi connectivity index (χ2v) is 6.05. The summed E-state index contributed by atoms with van der Waals surface area (Å²) in [7, 11) is 0. The Morgan fingerprint density at radius 2 is 1.88 bits per heavy atom. The average Bonchev–Trinajstić information content (AvgIpc) is 3.05. The fourth-order valence-corrected chi connectivity index (χ4v) is 2.84. The third-order valence-electron chi connectivity index (χ3n) is 4.26. The van der Waals surface area contributed by atoms with Gasteiger partial charge in [0.2, 0.25) is 0 Å². The van der Waals surface area contributed by atoms with Gasteiger partial charge in [-0.05, 0) is 42.7 Å². The highest BCUT2D eigenvalue weighted by molar-refractivity contribution is 5.86. The van der Waals surface area contributed by atoms with E-state index in [1.165, 1.54) is 16.7 Å². The molecular formula is C20H18N4. The highest BCUT2D eigenvalue weighted by atomic mass is 15.0. The highest BCUT2D eigenvalue weighted by Crippen LogP contribution is 2.26. The van der Waals surface area contributed by atoms with Crippen LogP contribution in [0.4, 0.5) is 11.5 Å². The Bertz CT molecular complexity index is 944. The maximum absolute atomic E-state index is 4.74. The van der Waals surface area contributed by atoms with Crippen LogP contribution in [0.2, 0.25) is 0 Å². The summed E-state index contributed by atoms with van der Waals surface area (Å²) in [5, 5.41) is 3.42. The lowest BCUT2D eigenvalue weighted by Crippen LogP contribution is -2.01. The van der Waals surface area contributed by atoms with Crippen LogP contribution in [0, 0.1) is 13.8 Å². The van der Waals surface area contributed by atoms with E-state index in [1.54, 1.807) is 0 Å². The predicted molar refractivity (Wildman–Crippen MR) is 98.0 cm³/mol. The van der Waals surface area contributed by atoms with Gasteiger partial charge in [-0.15, -0.1) is 0 Å². The zero-order valence-corrected chi connectivity index (χ0v) is 13.7. The first-order chi connectivity index (χ1) is 11.7. The lowest BCUT2D eigenvalue weighted by atomic mass is 10.1. The second kappa shape index (κ2) is 5.89. The Labute approximate surface area is 141 Å². The predicted octanol–water partition coefficient (Wildman–Crippen LogP) is 4.44. The quantitative estimate of drug-likeness (QED) is 0.777. The Morgan fingerprint density at radius 3 is 2.75 bits per heavy atom. The lowest BCUT2D eigenvalue weighted by Gasteiger charge is -2.12. The molecule has 1 aliphatic heterocycles. The van der Waals surface area contributed by atoms with Gasteiger partial charge in [-0.3, -0.25) is 4.99 Å². The van der Waals surface area contributed by atoms with Crippen LogP contribution in [0.1, 0.15) is 22.3 Å². The number of hydrogen-bond donors (Lipinski definition) is 1. The highest BCUT2D eigenvalue weighted by Gasteiger charge is 2.10. The van der Waals surface area contributed by atoms with Gasteiger partial charge < -0.3 is 5.32 Å². The van der Waals surface area contributed by atoms with Crippen molar-refractivity contribution in [3.05, 3.63) is 70.9 Å². The first-order valence-corrected chi connectivity index (χ1v) is 8.00. The number of aryl methyl sites for hydroxylation is 2. The molecule has 118 valence electrons. The molecular weight excluding hydrogens is 296 g/mol. The van der Waals surface area contributed by atoms with E-state index in [0.717, 1.165) is 35.0 Å². The van der Waals surface area contributed by atoms with Crippen LogP contribution >= 0.6 is 0 Å². The number of aromatic nitrogens is 2. The molecule has 0 amide bonds. The summed E-state index contributed by atoms with van der Waals surface area (Å²) < 4.78 is 0. The van der Waals surface area contributed by atoms with Crippen LogP contribution in [-0.4, -0.2) is 16.2 Å². The van der Waals surface area contributed by atoms with Crippen molar-refractivity contribution >= 4 is 17.7 Å². The molecule has 4 rings (SSSR count). The minimum Gasteiger partial charge on any atom is -0.340 e. The molecule has 1 aromatic heterocycles.